The Kier molecular flexibility index (Phi) is 6.01. The maximum absolute atomic E-state index is 3.63. The first kappa shape index (κ1) is 14.2. The van der Waals surface area contributed by atoms with Crippen molar-refractivity contribution in [3.63, 3.8) is 0 Å². The SMILES string of the molecule is CCCNC(c1cc(Br)ccc1Br)C(C)C. The fourth-order valence-corrected chi connectivity index (χ4v) is 2.63. The number of hydrogen-bond acceptors (Lipinski definition) is 1. The van der Waals surface area contributed by atoms with Crippen LogP contribution < -0.4 is 5.32 Å². The Labute approximate surface area is 115 Å². The van der Waals surface area contributed by atoms with Gasteiger partial charge < -0.3 is 5.32 Å². The van der Waals surface area contributed by atoms with E-state index in [1.165, 1.54) is 10.0 Å². The minimum Gasteiger partial charge on any atom is -0.310 e. The minimum atomic E-state index is 0.409. The van der Waals surface area contributed by atoms with Gasteiger partial charge in [-0.05, 0) is 42.6 Å². The van der Waals surface area contributed by atoms with Crippen LogP contribution in [0.1, 0.15) is 38.8 Å². The second-order valence-corrected chi connectivity index (χ2v) is 6.11. The van der Waals surface area contributed by atoms with Gasteiger partial charge in [0, 0.05) is 15.0 Å². The highest BCUT2D eigenvalue weighted by Gasteiger charge is 2.17. The lowest BCUT2D eigenvalue weighted by Gasteiger charge is -2.24. The van der Waals surface area contributed by atoms with Crippen LogP contribution in [0.4, 0.5) is 0 Å². The van der Waals surface area contributed by atoms with Gasteiger partial charge >= 0.3 is 0 Å². The normalized spacial score (nSPS) is 13.1. The van der Waals surface area contributed by atoms with Gasteiger partial charge in [-0.1, -0.05) is 52.6 Å². The van der Waals surface area contributed by atoms with Gasteiger partial charge in [0.1, 0.15) is 0 Å². The van der Waals surface area contributed by atoms with Crippen molar-refractivity contribution < 1.29 is 0 Å². The summed E-state index contributed by atoms with van der Waals surface area (Å²) in [5.74, 6) is 0.581. The Hall–Kier alpha value is 0.140. The van der Waals surface area contributed by atoms with Gasteiger partial charge in [0.05, 0.1) is 0 Å². The first-order valence-electron chi connectivity index (χ1n) is 5.74. The van der Waals surface area contributed by atoms with Crippen molar-refractivity contribution in [2.24, 2.45) is 5.92 Å². The molecular formula is C13H19Br2N. The number of halogens is 2. The third-order valence-electron chi connectivity index (χ3n) is 2.57. The first-order chi connectivity index (χ1) is 7.56. The van der Waals surface area contributed by atoms with E-state index in [-0.39, 0.29) is 0 Å². The largest absolute Gasteiger partial charge is 0.310 e. The summed E-state index contributed by atoms with van der Waals surface area (Å²) in [6, 6.07) is 6.76. The lowest BCUT2D eigenvalue weighted by Crippen LogP contribution is -2.26. The highest BCUT2D eigenvalue weighted by atomic mass is 79.9. The van der Waals surface area contributed by atoms with Crippen molar-refractivity contribution in [2.75, 3.05) is 6.54 Å². The zero-order valence-electron chi connectivity index (χ0n) is 10.1. The number of hydrogen-bond donors (Lipinski definition) is 1. The van der Waals surface area contributed by atoms with Gasteiger partial charge in [-0.3, -0.25) is 0 Å². The van der Waals surface area contributed by atoms with E-state index >= 15 is 0 Å². The molecule has 1 aromatic rings. The average molecular weight is 349 g/mol. The summed E-state index contributed by atoms with van der Waals surface area (Å²) in [4.78, 5) is 0. The van der Waals surface area contributed by atoms with Gasteiger partial charge in [0.25, 0.3) is 0 Å². The maximum Gasteiger partial charge on any atom is 0.0354 e. The Morgan fingerprint density at radius 1 is 1.25 bits per heavy atom. The van der Waals surface area contributed by atoms with E-state index < -0.39 is 0 Å². The third kappa shape index (κ3) is 3.86. The molecule has 0 aromatic heterocycles. The lowest BCUT2D eigenvalue weighted by molar-refractivity contribution is 0.411. The molecule has 0 heterocycles. The minimum absolute atomic E-state index is 0.409. The molecule has 1 aromatic carbocycles. The van der Waals surface area contributed by atoms with E-state index in [0.29, 0.717) is 12.0 Å². The first-order valence-corrected chi connectivity index (χ1v) is 7.33. The topological polar surface area (TPSA) is 12.0 Å². The van der Waals surface area contributed by atoms with Crippen molar-refractivity contribution >= 4 is 31.9 Å². The van der Waals surface area contributed by atoms with E-state index in [1.54, 1.807) is 0 Å². The van der Waals surface area contributed by atoms with Crippen molar-refractivity contribution in [2.45, 2.75) is 33.2 Å². The summed E-state index contributed by atoms with van der Waals surface area (Å²) < 4.78 is 2.31. The summed E-state index contributed by atoms with van der Waals surface area (Å²) >= 11 is 7.16. The predicted octanol–water partition coefficient (Wildman–Crippen LogP) is 4.91. The quantitative estimate of drug-likeness (QED) is 0.797. The molecule has 0 spiro atoms. The zero-order valence-corrected chi connectivity index (χ0v) is 13.2. The smallest absolute Gasteiger partial charge is 0.0354 e. The molecule has 0 fully saturated rings. The standard InChI is InChI=1S/C13H19Br2N/c1-4-7-16-13(9(2)3)11-8-10(14)5-6-12(11)15/h5-6,8-9,13,16H,4,7H2,1-3H3. The Balaban J connectivity index is 2.95. The van der Waals surface area contributed by atoms with Crippen molar-refractivity contribution in [3.8, 4) is 0 Å². The molecule has 1 unspecified atom stereocenters. The highest BCUT2D eigenvalue weighted by Crippen LogP contribution is 2.30. The van der Waals surface area contributed by atoms with Gasteiger partial charge in [0.2, 0.25) is 0 Å². The van der Waals surface area contributed by atoms with Crippen LogP contribution in [-0.4, -0.2) is 6.54 Å². The van der Waals surface area contributed by atoms with Crippen LogP contribution in [0.5, 0.6) is 0 Å². The average Bonchev–Trinajstić information content (AvgIpc) is 2.23. The third-order valence-corrected chi connectivity index (χ3v) is 3.79. The fourth-order valence-electron chi connectivity index (χ4n) is 1.76. The van der Waals surface area contributed by atoms with Crippen molar-refractivity contribution in [1.29, 1.82) is 0 Å². The molecule has 1 atom stereocenters. The summed E-state index contributed by atoms with van der Waals surface area (Å²) in [7, 11) is 0. The molecule has 16 heavy (non-hydrogen) atoms. The van der Waals surface area contributed by atoms with E-state index in [0.717, 1.165) is 17.4 Å². The molecule has 0 bridgehead atoms. The Morgan fingerprint density at radius 3 is 2.50 bits per heavy atom. The van der Waals surface area contributed by atoms with Gasteiger partial charge in [-0.15, -0.1) is 0 Å². The molecule has 0 saturated heterocycles. The zero-order chi connectivity index (χ0) is 12.1. The molecule has 90 valence electrons. The van der Waals surface area contributed by atoms with Gasteiger partial charge in [-0.2, -0.15) is 0 Å². The Bertz CT molecular complexity index is 337. The number of rotatable bonds is 5. The van der Waals surface area contributed by atoms with Crippen molar-refractivity contribution in [3.05, 3.63) is 32.7 Å². The van der Waals surface area contributed by atoms with Gasteiger partial charge in [-0.25, -0.2) is 0 Å². The predicted molar refractivity (Wildman–Crippen MR) is 77.7 cm³/mol. The van der Waals surface area contributed by atoms with E-state index in [4.69, 9.17) is 0 Å². The van der Waals surface area contributed by atoms with Crippen molar-refractivity contribution in [1.82, 2.24) is 5.32 Å². The summed E-state index contributed by atoms with van der Waals surface area (Å²) in [5, 5.41) is 3.60. The molecule has 0 saturated carbocycles. The lowest BCUT2D eigenvalue weighted by atomic mass is 9.96. The van der Waals surface area contributed by atoms with Crippen LogP contribution in [0.15, 0.2) is 27.1 Å². The monoisotopic (exact) mass is 347 g/mol. The highest BCUT2D eigenvalue weighted by molar-refractivity contribution is 9.11. The summed E-state index contributed by atoms with van der Waals surface area (Å²) in [6.07, 6.45) is 1.16. The molecule has 3 heteroatoms. The van der Waals surface area contributed by atoms with Crippen LogP contribution in [-0.2, 0) is 0 Å². The van der Waals surface area contributed by atoms with Crippen LogP contribution in [0, 0.1) is 5.92 Å². The van der Waals surface area contributed by atoms with Crippen LogP contribution in [0.25, 0.3) is 0 Å². The molecule has 0 aliphatic rings. The van der Waals surface area contributed by atoms with Crippen LogP contribution in [0.3, 0.4) is 0 Å². The molecular weight excluding hydrogens is 330 g/mol. The second-order valence-electron chi connectivity index (χ2n) is 4.34. The molecule has 0 aliphatic heterocycles. The van der Waals surface area contributed by atoms with E-state index in [2.05, 4.69) is 76.1 Å². The molecule has 0 amide bonds. The molecule has 1 nitrogen and oxygen atoms in total. The fraction of sp³-hybridized carbons (Fsp3) is 0.538. The van der Waals surface area contributed by atoms with Crippen LogP contribution >= 0.6 is 31.9 Å². The second kappa shape index (κ2) is 6.77. The summed E-state index contributed by atoms with van der Waals surface area (Å²) in [6.45, 7) is 7.75. The van der Waals surface area contributed by atoms with E-state index in [1.807, 2.05) is 0 Å². The molecule has 0 radical (unpaired) electrons. The summed E-state index contributed by atoms with van der Waals surface area (Å²) in [5.41, 5.74) is 1.33. The number of benzene rings is 1. The van der Waals surface area contributed by atoms with Gasteiger partial charge in [0.15, 0.2) is 0 Å². The molecule has 1 N–H and O–H groups in total. The Morgan fingerprint density at radius 2 is 1.94 bits per heavy atom. The van der Waals surface area contributed by atoms with E-state index in [9.17, 15) is 0 Å². The van der Waals surface area contributed by atoms with Crippen LogP contribution in [0.2, 0.25) is 0 Å². The maximum atomic E-state index is 3.63. The molecule has 0 aliphatic carbocycles. The number of nitrogens with one attached hydrogen (secondary N) is 1. The molecule has 1 rings (SSSR count).